The molecule has 0 saturated heterocycles. The predicted octanol–water partition coefficient (Wildman–Crippen LogP) is 5.25. The fourth-order valence-corrected chi connectivity index (χ4v) is 2.39. The summed E-state index contributed by atoms with van der Waals surface area (Å²) in [5.74, 6) is 0. The second-order valence-corrected chi connectivity index (χ2v) is 5.27. The topological polar surface area (TPSA) is 15.8 Å². The third kappa shape index (κ3) is 2.11. The quantitative estimate of drug-likeness (QED) is 0.632. The molecule has 3 rings (SSSR count). The van der Waals surface area contributed by atoms with Gasteiger partial charge in [-0.05, 0) is 42.0 Å². The second-order valence-electron chi connectivity index (χ2n) is 3.92. The zero-order chi connectivity index (χ0) is 11.8. The summed E-state index contributed by atoms with van der Waals surface area (Å²) in [6, 6.07) is 16.2. The first-order valence-electron chi connectivity index (χ1n) is 5.26. The van der Waals surface area contributed by atoms with E-state index in [1.165, 1.54) is 5.39 Å². The second kappa shape index (κ2) is 4.21. The first-order chi connectivity index (χ1) is 8.22. The van der Waals surface area contributed by atoms with Gasteiger partial charge in [-0.1, -0.05) is 39.7 Å². The van der Waals surface area contributed by atoms with Crippen LogP contribution in [0.15, 0.2) is 53.0 Å². The molecule has 3 aromatic rings. The van der Waals surface area contributed by atoms with Gasteiger partial charge in [-0.3, -0.25) is 0 Å². The molecule has 0 unspecified atom stereocenters. The third-order valence-electron chi connectivity index (χ3n) is 2.74. The molecule has 0 bridgehead atoms. The van der Waals surface area contributed by atoms with Crippen molar-refractivity contribution >= 4 is 38.4 Å². The van der Waals surface area contributed by atoms with Gasteiger partial charge < -0.3 is 4.98 Å². The van der Waals surface area contributed by atoms with Crippen LogP contribution in [0.3, 0.4) is 0 Å². The Hall–Kier alpha value is -1.25. The first-order valence-corrected chi connectivity index (χ1v) is 6.44. The smallest absolute Gasteiger partial charge is 0.0464 e. The molecule has 0 fully saturated rings. The Morgan fingerprint density at radius 2 is 1.71 bits per heavy atom. The molecule has 0 spiro atoms. The van der Waals surface area contributed by atoms with E-state index < -0.39 is 0 Å². The standard InChI is InChI=1S/C14H9BrClN/c15-11-3-6-13-10(7-11)8-14(17-13)9-1-4-12(16)5-2-9/h1-8,17H. The van der Waals surface area contributed by atoms with Gasteiger partial charge in [-0.25, -0.2) is 0 Å². The number of benzene rings is 2. The maximum absolute atomic E-state index is 5.88. The van der Waals surface area contributed by atoms with Crippen LogP contribution >= 0.6 is 27.5 Å². The van der Waals surface area contributed by atoms with E-state index in [1.54, 1.807) is 0 Å². The molecule has 0 aliphatic rings. The van der Waals surface area contributed by atoms with Crippen molar-refractivity contribution < 1.29 is 0 Å². The van der Waals surface area contributed by atoms with Crippen molar-refractivity contribution in [1.29, 1.82) is 0 Å². The lowest BCUT2D eigenvalue weighted by atomic mass is 10.1. The van der Waals surface area contributed by atoms with Crippen LogP contribution in [0.5, 0.6) is 0 Å². The Kier molecular flexibility index (Phi) is 2.69. The highest BCUT2D eigenvalue weighted by atomic mass is 79.9. The lowest BCUT2D eigenvalue weighted by molar-refractivity contribution is 1.45. The Morgan fingerprint density at radius 1 is 0.941 bits per heavy atom. The third-order valence-corrected chi connectivity index (χ3v) is 3.48. The lowest BCUT2D eigenvalue weighted by Gasteiger charge is -1.96. The molecule has 84 valence electrons. The molecule has 0 amide bonds. The normalized spacial score (nSPS) is 10.9. The van der Waals surface area contributed by atoms with Crippen molar-refractivity contribution in [2.24, 2.45) is 0 Å². The molecule has 0 radical (unpaired) electrons. The molecule has 3 heteroatoms. The predicted molar refractivity (Wildman–Crippen MR) is 76.4 cm³/mol. The Morgan fingerprint density at radius 3 is 2.47 bits per heavy atom. The maximum atomic E-state index is 5.88. The van der Waals surface area contributed by atoms with Gasteiger partial charge in [0.2, 0.25) is 0 Å². The summed E-state index contributed by atoms with van der Waals surface area (Å²) in [6.45, 7) is 0. The zero-order valence-electron chi connectivity index (χ0n) is 8.87. The number of rotatable bonds is 1. The van der Waals surface area contributed by atoms with Crippen molar-refractivity contribution in [3.63, 3.8) is 0 Å². The minimum Gasteiger partial charge on any atom is -0.355 e. The van der Waals surface area contributed by atoms with Gasteiger partial charge >= 0.3 is 0 Å². The summed E-state index contributed by atoms with van der Waals surface area (Å²) >= 11 is 9.36. The van der Waals surface area contributed by atoms with Gasteiger partial charge in [0.05, 0.1) is 0 Å². The molecule has 0 aliphatic carbocycles. The SMILES string of the molecule is Clc1ccc(-c2cc3cc(Br)ccc3[nH]2)cc1. The molecule has 1 heterocycles. The Labute approximate surface area is 113 Å². The number of halogens is 2. The number of hydrogen-bond donors (Lipinski definition) is 1. The zero-order valence-corrected chi connectivity index (χ0v) is 11.2. The van der Waals surface area contributed by atoms with Crippen molar-refractivity contribution in [3.05, 3.63) is 58.0 Å². The maximum Gasteiger partial charge on any atom is 0.0464 e. The van der Waals surface area contributed by atoms with Crippen LogP contribution in [0.2, 0.25) is 5.02 Å². The molecule has 0 saturated carbocycles. The van der Waals surface area contributed by atoms with Crippen molar-refractivity contribution in [1.82, 2.24) is 4.98 Å². The van der Waals surface area contributed by atoms with E-state index in [0.717, 1.165) is 26.3 Å². The van der Waals surface area contributed by atoms with E-state index in [2.05, 4.69) is 39.1 Å². The summed E-state index contributed by atoms with van der Waals surface area (Å²) in [5.41, 5.74) is 3.38. The summed E-state index contributed by atoms with van der Waals surface area (Å²) in [5, 5.41) is 1.96. The average Bonchev–Trinajstić information content (AvgIpc) is 2.72. The van der Waals surface area contributed by atoms with E-state index in [0.29, 0.717) is 0 Å². The van der Waals surface area contributed by atoms with Crippen LogP contribution in [0.1, 0.15) is 0 Å². The van der Waals surface area contributed by atoms with Crippen LogP contribution in [-0.2, 0) is 0 Å². The minimum atomic E-state index is 0.757. The Balaban J connectivity index is 2.14. The van der Waals surface area contributed by atoms with Crippen molar-refractivity contribution in [2.45, 2.75) is 0 Å². The summed E-state index contributed by atoms with van der Waals surface area (Å²) in [4.78, 5) is 3.39. The minimum absolute atomic E-state index is 0.757. The largest absolute Gasteiger partial charge is 0.355 e. The lowest BCUT2D eigenvalue weighted by Crippen LogP contribution is -1.75. The molecule has 1 aromatic heterocycles. The van der Waals surface area contributed by atoms with Crippen molar-refractivity contribution in [2.75, 3.05) is 0 Å². The fraction of sp³-hybridized carbons (Fsp3) is 0. The van der Waals surface area contributed by atoms with E-state index in [1.807, 2.05) is 30.3 Å². The van der Waals surface area contributed by atoms with Crippen LogP contribution in [0.25, 0.3) is 22.2 Å². The summed E-state index contributed by atoms with van der Waals surface area (Å²) < 4.78 is 1.09. The molecule has 1 N–H and O–H groups in total. The molecular formula is C14H9BrClN. The van der Waals surface area contributed by atoms with E-state index in [9.17, 15) is 0 Å². The van der Waals surface area contributed by atoms with Crippen LogP contribution in [0, 0.1) is 0 Å². The summed E-state index contributed by atoms with van der Waals surface area (Å²) in [7, 11) is 0. The number of fused-ring (bicyclic) bond motifs is 1. The Bertz CT molecular complexity index is 670. The van der Waals surface area contributed by atoms with Gasteiger partial charge in [0.15, 0.2) is 0 Å². The van der Waals surface area contributed by atoms with Gasteiger partial charge in [-0.15, -0.1) is 0 Å². The van der Waals surface area contributed by atoms with Crippen LogP contribution in [0.4, 0.5) is 0 Å². The highest BCUT2D eigenvalue weighted by molar-refractivity contribution is 9.10. The van der Waals surface area contributed by atoms with Crippen LogP contribution in [-0.4, -0.2) is 4.98 Å². The highest BCUT2D eigenvalue weighted by Gasteiger charge is 2.03. The number of hydrogen-bond acceptors (Lipinski definition) is 0. The average molecular weight is 307 g/mol. The molecule has 1 nitrogen and oxygen atoms in total. The summed E-state index contributed by atoms with van der Waals surface area (Å²) in [6.07, 6.45) is 0. The first kappa shape index (κ1) is 10.9. The molecule has 0 aliphatic heterocycles. The van der Waals surface area contributed by atoms with E-state index in [4.69, 9.17) is 11.6 Å². The number of nitrogens with one attached hydrogen (secondary N) is 1. The highest BCUT2D eigenvalue weighted by Crippen LogP contribution is 2.27. The van der Waals surface area contributed by atoms with Gasteiger partial charge in [0.25, 0.3) is 0 Å². The molecular weight excluding hydrogens is 298 g/mol. The van der Waals surface area contributed by atoms with Crippen LogP contribution < -0.4 is 0 Å². The van der Waals surface area contributed by atoms with Crippen molar-refractivity contribution in [3.8, 4) is 11.3 Å². The van der Waals surface area contributed by atoms with E-state index in [-0.39, 0.29) is 0 Å². The van der Waals surface area contributed by atoms with Gasteiger partial charge in [0.1, 0.15) is 0 Å². The number of aromatic nitrogens is 1. The number of H-pyrrole nitrogens is 1. The molecule has 17 heavy (non-hydrogen) atoms. The number of aromatic amines is 1. The molecule has 0 atom stereocenters. The fourth-order valence-electron chi connectivity index (χ4n) is 1.89. The monoisotopic (exact) mass is 305 g/mol. The molecule has 2 aromatic carbocycles. The van der Waals surface area contributed by atoms with Gasteiger partial charge in [0, 0.05) is 26.1 Å². The van der Waals surface area contributed by atoms with E-state index >= 15 is 0 Å². The van der Waals surface area contributed by atoms with Gasteiger partial charge in [-0.2, -0.15) is 0 Å².